The quantitative estimate of drug-likeness (QED) is 0.188. The van der Waals surface area contributed by atoms with Gasteiger partial charge in [-0.2, -0.15) is 0 Å². The molecule has 14 heteroatoms. The van der Waals surface area contributed by atoms with Crippen LogP contribution in [-0.2, 0) is 33.2 Å². The Bertz CT molecular complexity index is 1250. The van der Waals surface area contributed by atoms with E-state index in [1.165, 1.54) is 21.1 Å². The first-order valence-corrected chi connectivity index (χ1v) is 18.9. The Hall–Kier alpha value is -1.01. The smallest absolute Gasteiger partial charge is 0.311 e. The molecule has 3 rings (SSSR count). The van der Waals surface area contributed by atoms with Crippen LogP contribution in [0, 0.1) is 17.8 Å². The summed E-state index contributed by atoms with van der Waals surface area (Å²) in [5.41, 5.74) is -4.60. The summed E-state index contributed by atoms with van der Waals surface area (Å²) in [6.45, 7) is 14.9. The Kier molecular flexibility index (Phi) is 14.0. The second-order valence-corrected chi connectivity index (χ2v) is 16.8. The number of nitrogens with zero attached hydrogens (tertiary/aromatic N) is 2. The SMILES string of the molecule is [2H][13C]([2H])([2H])N(C)[C@H]1C[C@@H](C)O[C@@H](O[C@@H]2[C@@H](C)[C@H](O[C@H]3C[C@@](C)(OC)[C@@H](O)[C@H](C)O3)[C@@H](C)C(=O)O[C@H](CC)[C@@](C)(O)[C@H](O)[C@@H](C)N(C)C[C@H](C)C[C@@]2(C)O)[C@@H]1O. The van der Waals surface area contributed by atoms with Gasteiger partial charge in [0.1, 0.15) is 30.0 Å². The maximum atomic E-state index is 14.2. The molecule has 3 aliphatic rings. The average molecular weight is 753 g/mol. The zero-order valence-corrected chi connectivity index (χ0v) is 33.7. The maximum absolute atomic E-state index is 14.2. The number of aliphatic hydroxyl groups is 5. The van der Waals surface area contributed by atoms with E-state index in [0.29, 0.717) is 6.54 Å². The molecule has 0 aromatic rings. The maximum Gasteiger partial charge on any atom is 0.311 e. The molecular formula is C38H72N2O12. The van der Waals surface area contributed by atoms with Gasteiger partial charge < -0.3 is 63.8 Å². The van der Waals surface area contributed by atoms with Crippen LogP contribution in [-0.4, -0.2) is 166 Å². The fourth-order valence-corrected chi connectivity index (χ4v) is 8.61. The summed E-state index contributed by atoms with van der Waals surface area (Å²) >= 11 is 0. The van der Waals surface area contributed by atoms with Crippen LogP contribution < -0.4 is 0 Å². The Balaban J connectivity index is 2.19. The lowest BCUT2D eigenvalue weighted by molar-refractivity contribution is -0.318. The molecule has 0 saturated carbocycles. The highest BCUT2D eigenvalue weighted by Gasteiger charge is 2.52. The molecule has 0 bridgehead atoms. The van der Waals surface area contributed by atoms with Crippen LogP contribution >= 0.6 is 0 Å². The number of carbonyl (C=O) groups is 1. The number of cyclic esters (lactones) is 1. The molecule has 5 N–H and O–H groups in total. The van der Waals surface area contributed by atoms with Crippen LogP contribution in [0.3, 0.4) is 0 Å². The molecule has 14 nitrogen and oxygen atoms in total. The van der Waals surface area contributed by atoms with Crippen molar-refractivity contribution in [3.05, 3.63) is 0 Å². The summed E-state index contributed by atoms with van der Waals surface area (Å²) in [5.74, 6) is -2.94. The molecule has 3 saturated heterocycles. The zero-order valence-electron chi connectivity index (χ0n) is 36.7. The van der Waals surface area contributed by atoms with Crippen molar-refractivity contribution in [3.8, 4) is 0 Å². The van der Waals surface area contributed by atoms with Gasteiger partial charge in [0, 0.05) is 42.2 Å². The standard InChI is InChI=1S/C38H72N2O12/c1-15-27-38(10,46)31(42)24(6)40(13)19-20(2)17-36(8,45)33(52-35-29(41)26(39(11)12)16-21(3)48-35)22(4)30(23(5)34(44)50-27)51-28-18-37(9,47-14)32(43)25(7)49-28/h20-33,35,41-43,45-46H,15-19H2,1-14H3/t20-,21-,22+,23-,24-,25+,26+,27-,28+,29-,30+,31-,32+,33-,35+,36-,37-,38-/m1/s1/i11+1D3. The van der Waals surface area contributed by atoms with Gasteiger partial charge in [0.2, 0.25) is 0 Å². The number of hydrogen-bond donors (Lipinski definition) is 5. The number of hydrogen-bond acceptors (Lipinski definition) is 14. The number of aliphatic hydroxyl groups excluding tert-OH is 3. The van der Waals surface area contributed by atoms with E-state index in [0.717, 1.165) is 4.90 Å². The van der Waals surface area contributed by atoms with E-state index >= 15 is 0 Å². The fraction of sp³-hybridized carbons (Fsp3) is 0.974. The van der Waals surface area contributed by atoms with Crippen molar-refractivity contribution in [2.45, 2.75) is 185 Å². The number of rotatable bonds is 7. The van der Waals surface area contributed by atoms with Crippen LogP contribution in [0.4, 0.5) is 0 Å². The van der Waals surface area contributed by atoms with Crippen molar-refractivity contribution in [2.75, 3.05) is 34.7 Å². The molecule has 0 radical (unpaired) electrons. The van der Waals surface area contributed by atoms with Gasteiger partial charge in [-0.25, -0.2) is 0 Å². The lowest BCUT2D eigenvalue weighted by Crippen LogP contribution is -2.60. The van der Waals surface area contributed by atoms with Gasteiger partial charge in [0.15, 0.2) is 12.6 Å². The molecule has 0 aliphatic carbocycles. The number of likely N-dealkylation sites (N-methyl/N-ethyl adjacent to an activating group) is 2. The second-order valence-electron chi connectivity index (χ2n) is 16.8. The van der Waals surface area contributed by atoms with Gasteiger partial charge in [0.25, 0.3) is 0 Å². The predicted octanol–water partition coefficient (Wildman–Crippen LogP) is 1.90. The van der Waals surface area contributed by atoms with Crippen molar-refractivity contribution in [2.24, 2.45) is 17.8 Å². The fourth-order valence-electron chi connectivity index (χ4n) is 8.61. The van der Waals surface area contributed by atoms with E-state index in [1.54, 1.807) is 62.4 Å². The molecule has 0 aromatic heterocycles. The minimum Gasteiger partial charge on any atom is -0.459 e. The van der Waals surface area contributed by atoms with Gasteiger partial charge in [0.05, 0.1) is 41.5 Å². The monoisotopic (exact) mass is 753 g/mol. The van der Waals surface area contributed by atoms with Gasteiger partial charge in [-0.3, -0.25) is 4.79 Å². The predicted molar refractivity (Wildman–Crippen MR) is 194 cm³/mol. The molecule has 0 unspecified atom stereocenters. The molecule has 0 spiro atoms. The van der Waals surface area contributed by atoms with E-state index in [2.05, 4.69) is 0 Å². The second kappa shape index (κ2) is 17.8. The molecule has 3 fully saturated rings. The summed E-state index contributed by atoms with van der Waals surface area (Å²) < 4.78 is 61.3. The van der Waals surface area contributed by atoms with Gasteiger partial charge >= 0.3 is 5.97 Å². The number of ether oxygens (including phenoxy) is 6. The summed E-state index contributed by atoms with van der Waals surface area (Å²) in [5, 5.41) is 58.3. The highest BCUT2D eigenvalue weighted by atomic mass is 16.7. The normalized spacial score (nSPS) is 50.7. The lowest BCUT2D eigenvalue weighted by Gasteiger charge is -2.48. The van der Waals surface area contributed by atoms with E-state index < -0.39 is 115 Å². The highest BCUT2D eigenvalue weighted by Crippen LogP contribution is 2.40. The van der Waals surface area contributed by atoms with Gasteiger partial charge in [-0.15, -0.1) is 0 Å². The van der Waals surface area contributed by atoms with Crippen molar-refractivity contribution in [1.29, 1.82) is 0 Å². The van der Waals surface area contributed by atoms with Crippen LogP contribution in [0.25, 0.3) is 0 Å². The van der Waals surface area contributed by atoms with Crippen molar-refractivity contribution in [1.82, 2.24) is 9.80 Å². The number of carbonyl (C=O) groups excluding carboxylic acids is 1. The third-order valence-corrected chi connectivity index (χ3v) is 12.0. The van der Waals surface area contributed by atoms with Crippen LogP contribution in [0.15, 0.2) is 0 Å². The third kappa shape index (κ3) is 10.0. The Morgan fingerprint density at radius 2 is 1.63 bits per heavy atom. The van der Waals surface area contributed by atoms with Crippen LogP contribution in [0.1, 0.15) is 99.0 Å². The van der Waals surface area contributed by atoms with E-state index in [-0.39, 0.29) is 31.6 Å². The number of esters is 1. The van der Waals surface area contributed by atoms with Crippen LogP contribution in [0.5, 0.6) is 0 Å². The summed E-state index contributed by atoms with van der Waals surface area (Å²) in [6, 6.07) is -1.46. The lowest BCUT2D eigenvalue weighted by atomic mass is 9.77. The molecule has 3 heterocycles. The third-order valence-electron chi connectivity index (χ3n) is 12.0. The molecule has 18 atom stereocenters. The summed E-state index contributed by atoms with van der Waals surface area (Å²) in [6.07, 6.45) is -10.2. The first-order chi connectivity index (χ1) is 25.1. The minimum absolute atomic E-state index is 0.0761. The zero-order chi connectivity index (χ0) is 42.2. The van der Waals surface area contributed by atoms with Crippen LogP contribution in [0.2, 0.25) is 0 Å². The Labute approximate surface area is 316 Å². The topological polar surface area (TPSA) is 180 Å². The van der Waals surface area contributed by atoms with Gasteiger partial charge in [-0.05, 0) is 94.7 Å². The first kappa shape index (κ1) is 40.6. The van der Waals surface area contributed by atoms with E-state index in [1.807, 2.05) is 11.8 Å². The first-order valence-electron chi connectivity index (χ1n) is 20.4. The molecule has 0 amide bonds. The van der Waals surface area contributed by atoms with Crippen molar-refractivity contribution in [3.63, 3.8) is 0 Å². The van der Waals surface area contributed by atoms with E-state index in [4.69, 9.17) is 32.5 Å². The highest BCUT2D eigenvalue weighted by molar-refractivity contribution is 5.73. The van der Waals surface area contributed by atoms with E-state index in [9.17, 15) is 30.3 Å². The molecule has 3 aliphatic heterocycles. The molecule has 306 valence electrons. The Morgan fingerprint density at radius 1 is 1.00 bits per heavy atom. The average Bonchev–Trinajstić information content (AvgIpc) is 3.08. The van der Waals surface area contributed by atoms with Crippen molar-refractivity contribution >= 4 is 5.97 Å². The number of methoxy groups -OCH3 is 1. The largest absolute Gasteiger partial charge is 0.459 e. The summed E-state index contributed by atoms with van der Waals surface area (Å²) in [7, 11) is 4.68. The molecule has 52 heavy (non-hydrogen) atoms. The van der Waals surface area contributed by atoms with Gasteiger partial charge in [-0.1, -0.05) is 20.8 Å². The van der Waals surface area contributed by atoms with Crippen molar-refractivity contribution < 1.29 is 62.9 Å². The molecule has 0 aromatic carbocycles. The summed E-state index contributed by atoms with van der Waals surface area (Å²) in [4.78, 5) is 17.2. The molecular weight excluding hydrogens is 677 g/mol. The minimum atomic E-state index is -2.52. The Morgan fingerprint density at radius 3 is 2.21 bits per heavy atom.